The fraction of sp³-hybridized carbons (Fsp3) is 0.368. The van der Waals surface area contributed by atoms with Crippen LogP contribution in [-0.4, -0.2) is 31.1 Å². The summed E-state index contributed by atoms with van der Waals surface area (Å²) in [6, 6.07) is 19.9. The van der Waals surface area contributed by atoms with Crippen molar-refractivity contribution in [1.29, 1.82) is 0 Å². The molecule has 2 nitrogen and oxygen atoms in total. The van der Waals surface area contributed by atoms with E-state index in [4.69, 9.17) is 0 Å². The molecule has 1 heterocycles. The van der Waals surface area contributed by atoms with Gasteiger partial charge in [-0.1, -0.05) is 54.6 Å². The van der Waals surface area contributed by atoms with Gasteiger partial charge in [0.2, 0.25) is 0 Å². The first kappa shape index (κ1) is 14.3. The Balaban J connectivity index is 1.51. The molecule has 2 heteroatoms. The van der Waals surface area contributed by atoms with Crippen LogP contribution in [0.25, 0.3) is 0 Å². The third kappa shape index (κ3) is 4.42. The maximum absolute atomic E-state index is 3.40. The van der Waals surface area contributed by atoms with Crippen LogP contribution >= 0.6 is 0 Å². The highest BCUT2D eigenvalue weighted by Crippen LogP contribution is 2.11. The number of hydrogen-bond acceptors (Lipinski definition) is 2. The molecule has 0 atom stereocenters. The van der Waals surface area contributed by atoms with Crippen LogP contribution in [0.5, 0.6) is 0 Å². The van der Waals surface area contributed by atoms with Crippen LogP contribution in [0.2, 0.25) is 0 Å². The van der Waals surface area contributed by atoms with E-state index in [1.165, 1.54) is 16.7 Å². The maximum atomic E-state index is 3.40. The first-order valence-corrected chi connectivity index (χ1v) is 7.95. The molecule has 0 aromatic heterocycles. The van der Waals surface area contributed by atoms with Crippen LogP contribution in [0.1, 0.15) is 16.7 Å². The average molecular weight is 280 g/mol. The summed E-state index contributed by atoms with van der Waals surface area (Å²) < 4.78 is 0. The third-order valence-corrected chi connectivity index (χ3v) is 4.18. The number of rotatable bonds is 5. The van der Waals surface area contributed by atoms with Crippen molar-refractivity contribution in [2.45, 2.75) is 19.4 Å². The molecule has 21 heavy (non-hydrogen) atoms. The van der Waals surface area contributed by atoms with E-state index in [9.17, 15) is 0 Å². The summed E-state index contributed by atoms with van der Waals surface area (Å²) in [7, 11) is 0. The Bertz CT molecular complexity index is 527. The lowest BCUT2D eigenvalue weighted by Crippen LogP contribution is -2.42. The number of piperazine rings is 1. The zero-order chi connectivity index (χ0) is 14.3. The predicted octanol–water partition coefficient (Wildman–Crippen LogP) is 2.88. The van der Waals surface area contributed by atoms with E-state index in [1.807, 2.05) is 0 Å². The minimum Gasteiger partial charge on any atom is -0.314 e. The molecule has 1 aliphatic rings. The van der Waals surface area contributed by atoms with Crippen molar-refractivity contribution in [3.8, 4) is 0 Å². The van der Waals surface area contributed by atoms with Crippen LogP contribution in [0.3, 0.4) is 0 Å². The SMILES string of the molecule is c1ccc(CCc2ccc(CN3CCNCC3)cc2)cc1. The zero-order valence-electron chi connectivity index (χ0n) is 12.6. The Morgan fingerprint density at radius 3 is 1.95 bits per heavy atom. The lowest BCUT2D eigenvalue weighted by atomic mass is 10.0. The molecule has 1 aliphatic heterocycles. The molecule has 0 radical (unpaired) electrons. The smallest absolute Gasteiger partial charge is 0.0234 e. The summed E-state index contributed by atoms with van der Waals surface area (Å²) in [6.07, 6.45) is 2.25. The van der Waals surface area contributed by atoms with Crippen LogP contribution in [-0.2, 0) is 19.4 Å². The molecule has 0 saturated carbocycles. The molecule has 2 aromatic rings. The van der Waals surface area contributed by atoms with Gasteiger partial charge in [-0.2, -0.15) is 0 Å². The molecular weight excluding hydrogens is 256 g/mol. The third-order valence-electron chi connectivity index (χ3n) is 4.18. The summed E-state index contributed by atoms with van der Waals surface area (Å²) >= 11 is 0. The highest BCUT2D eigenvalue weighted by atomic mass is 15.2. The van der Waals surface area contributed by atoms with Crippen molar-refractivity contribution in [2.24, 2.45) is 0 Å². The second kappa shape index (κ2) is 7.39. The number of benzene rings is 2. The average Bonchev–Trinajstić information content (AvgIpc) is 2.56. The van der Waals surface area contributed by atoms with Gasteiger partial charge in [-0.25, -0.2) is 0 Å². The van der Waals surface area contributed by atoms with Gasteiger partial charge >= 0.3 is 0 Å². The highest BCUT2D eigenvalue weighted by Gasteiger charge is 2.09. The largest absolute Gasteiger partial charge is 0.314 e. The van der Waals surface area contributed by atoms with Crippen molar-refractivity contribution in [1.82, 2.24) is 10.2 Å². The molecule has 0 spiro atoms. The van der Waals surface area contributed by atoms with Crippen LogP contribution in [0.4, 0.5) is 0 Å². The number of nitrogens with zero attached hydrogens (tertiary/aromatic N) is 1. The van der Waals surface area contributed by atoms with Crippen LogP contribution < -0.4 is 5.32 Å². The second-order valence-corrected chi connectivity index (χ2v) is 5.83. The Labute approximate surface area is 127 Å². The summed E-state index contributed by atoms with van der Waals surface area (Å²) in [5, 5.41) is 3.40. The lowest BCUT2D eigenvalue weighted by molar-refractivity contribution is 0.233. The standard InChI is InChI=1S/C19H24N2/c1-2-4-17(5-3-1)6-7-18-8-10-19(11-9-18)16-21-14-12-20-13-15-21/h1-5,8-11,20H,6-7,12-16H2. The quantitative estimate of drug-likeness (QED) is 0.906. The minimum atomic E-state index is 1.08. The van der Waals surface area contributed by atoms with Gasteiger partial charge in [0, 0.05) is 32.7 Å². The highest BCUT2D eigenvalue weighted by molar-refractivity contribution is 5.24. The molecule has 1 N–H and O–H groups in total. The van der Waals surface area contributed by atoms with E-state index in [0.717, 1.165) is 45.6 Å². The van der Waals surface area contributed by atoms with E-state index in [1.54, 1.807) is 0 Å². The predicted molar refractivity (Wildman–Crippen MR) is 88.4 cm³/mol. The lowest BCUT2D eigenvalue weighted by Gasteiger charge is -2.27. The summed E-state index contributed by atoms with van der Waals surface area (Å²) in [6.45, 7) is 5.65. The number of hydrogen-bond donors (Lipinski definition) is 1. The van der Waals surface area contributed by atoms with Crippen molar-refractivity contribution in [3.63, 3.8) is 0 Å². The van der Waals surface area contributed by atoms with Gasteiger partial charge in [0.15, 0.2) is 0 Å². The molecule has 0 aliphatic carbocycles. The Morgan fingerprint density at radius 2 is 1.29 bits per heavy atom. The van der Waals surface area contributed by atoms with Crippen molar-refractivity contribution >= 4 is 0 Å². The Hall–Kier alpha value is -1.64. The van der Waals surface area contributed by atoms with Crippen LogP contribution in [0, 0.1) is 0 Å². The van der Waals surface area contributed by atoms with Crippen molar-refractivity contribution in [2.75, 3.05) is 26.2 Å². The van der Waals surface area contributed by atoms with Crippen LogP contribution in [0.15, 0.2) is 54.6 Å². The van der Waals surface area contributed by atoms with Gasteiger partial charge < -0.3 is 5.32 Å². The van der Waals surface area contributed by atoms with Gasteiger partial charge in [0.25, 0.3) is 0 Å². The molecule has 0 unspecified atom stereocenters. The summed E-state index contributed by atoms with van der Waals surface area (Å²) in [5.41, 5.74) is 4.28. The normalized spacial score (nSPS) is 16.0. The monoisotopic (exact) mass is 280 g/mol. The van der Waals surface area contributed by atoms with E-state index >= 15 is 0 Å². The number of nitrogens with one attached hydrogen (secondary N) is 1. The van der Waals surface area contributed by atoms with Gasteiger partial charge in [-0.3, -0.25) is 4.90 Å². The summed E-state index contributed by atoms with van der Waals surface area (Å²) in [4.78, 5) is 2.52. The van der Waals surface area contributed by atoms with E-state index in [0.29, 0.717) is 0 Å². The molecule has 0 amide bonds. The Morgan fingerprint density at radius 1 is 0.714 bits per heavy atom. The molecule has 1 fully saturated rings. The van der Waals surface area contributed by atoms with Gasteiger partial charge in [-0.05, 0) is 29.5 Å². The van der Waals surface area contributed by atoms with E-state index < -0.39 is 0 Å². The minimum absolute atomic E-state index is 1.08. The fourth-order valence-electron chi connectivity index (χ4n) is 2.87. The molecular formula is C19H24N2. The zero-order valence-corrected chi connectivity index (χ0v) is 12.6. The van der Waals surface area contributed by atoms with Crippen molar-refractivity contribution in [3.05, 3.63) is 71.3 Å². The maximum Gasteiger partial charge on any atom is 0.0234 e. The molecule has 1 saturated heterocycles. The van der Waals surface area contributed by atoms with E-state index in [-0.39, 0.29) is 0 Å². The first-order valence-electron chi connectivity index (χ1n) is 7.95. The molecule has 2 aromatic carbocycles. The Kier molecular flexibility index (Phi) is 5.03. The molecule has 110 valence electrons. The molecule has 3 rings (SSSR count). The first-order chi connectivity index (χ1) is 10.4. The van der Waals surface area contributed by atoms with Crippen molar-refractivity contribution < 1.29 is 0 Å². The second-order valence-electron chi connectivity index (χ2n) is 5.83. The summed E-state index contributed by atoms with van der Waals surface area (Å²) in [5.74, 6) is 0. The number of aryl methyl sites for hydroxylation is 2. The molecule has 0 bridgehead atoms. The van der Waals surface area contributed by atoms with Gasteiger partial charge in [0.05, 0.1) is 0 Å². The van der Waals surface area contributed by atoms with Gasteiger partial charge in [0.1, 0.15) is 0 Å². The van der Waals surface area contributed by atoms with Gasteiger partial charge in [-0.15, -0.1) is 0 Å². The topological polar surface area (TPSA) is 15.3 Å². The van der Waals surface area contributed by atoms with E-state index in [2.05, 4.69) is 64.8 Å². The fourth-order valence-corrected chi connectivity index (χ4v) is 2.87.